The lowest BCUT2D eigenvalue weighted by Gasteiger charge is -2.19. The number of nitrogens with two attached hydrogens (primary N) is 1. The van der Waals surface area contributed by atoms with Gasteiger partial charge in [-0.3, -0.25) is 18.6 Å². The molecule has 0 heterocycles. The second-order valence-electron chi connectivity index (χ2n) is 16.6. The number of unbranched alkanes of at least 4 members (excludes halogenated alkanes) is 6. The third-order valence-electron chi connectivity index (χ3n) is 10.1. The smallest absolute Gasteiger partial charge is 0.462 e. The van der Waals surface area contributed by atoms with Crippen LogP contribution in [0.25, 0.3) is 0 Å². The fraction of sp³-hybridized carbons (Fsp3) is 0.508. The van der Waals surface area contributed by atoms with Gasteiger partial charge in [-0.2, -0.15) is 0 Å². The molecule has 2 unspecified atom stereocenters. The highest BCUT2D eigenvalue weighted by molar-refractivity contribution is 7.47. The molecule has 0 saturated heterocycles. The molecule has 0 spiro atoms. The molecule has 0 amide bonds. The Morgan fingerprint density at radius 2 is 0.732 bits per heavy atom. The molecule has 2 atom stereocenters. The van der Waals surface area contributed by atoms with Crippen molar-refractivity contribution in [1.29, 1.82) is 0 Å². The summed E-state index contributed by atoms with van der Waals surface area (Å²) in [6, 6.07) is 0. The van der Waals surface area contributed by atoms with E-state index in [0.717, 1.165) is 128 Å². The second-order valence-corrected chi connectivity index (χ2v) is 18.1. The number of phosphoric ester groups is 1. The van der Waals surface area contributed by atoms with Gasteiger partial charge in [0.1, 0.15) is 6.61 Å². The Hall–Kier alpha value is -4.63. The highest BCUT2D eigenvalue weighted by atomic mass is 31.2. The monoisotopic (exact) mass is 1000 g/mol. The minimum absolute atomic E-state index is 0.0335. The van der Waals surface area contributed by atoms with E-state index in [4.69, 9.17) is 24.3 Å². The van der Waals surface area contributed by atoms with Crippen molar-refractivity contribution in [2.45, 2.75) is 174 Å². The average Bonchev–Trinajstić information content (AvgIpc) is 3.36. The first-order valence-electron chi connectivity index (χ1n) is 26.6. The minimum Gasteiger partial charge on any atom is -0.462 e. The van der Waals surface area contributed by atoms with Gasteiger partial charge in [-0.05, 0) is 128 Å². The molecule has 3 N–H and O–H groups in total. The van der Waals surface area contributed by atoms with Crippen molar-refractivity contribution in [3.8, 4) is 0 Å². The SMILES string of the molecule is CC/C=C\C/C=C\C/C=C\C/C=C\C/C=C\C/C=C\C/C=C\C/C=C\C/C=C\C/C=C\C/C=C\CCCCCC(=O)OC(COC(=O)CCCCC/C=C\C/C=C\C/C=C\CC)COP(=O)(O)OCCN. The van der Waals surface area contributed by atoms with Crippen LogP contribution in [-0.2, 0) is 32.7 Å². The molecule has 9 nitrogen and oxygen atoms in total. The zero-order chi connectivity index (χ0) is 51.7. The summed E-state index contributed by atoms with van der Waals surface area (Å²) in [4.78, 5) is 35.0. The van der Waals surface area contributed by atoms with E-state index in [2.05, 4.69) is 184 Å². The zero-order valence-corrected chi connectivity index (χ0v) is 44.8. The first-order valence-corrected chi connectivity index (χ1v) is 28.1. The highest BCUT2D eigenvalue weighted by Crippen LogP contribution is 2.43. The van der Waals surface area contributed by atoms with Gasteiger partial charge in [0.2, 0.25) is 0 Å². The summed E-state index contributed by atoms with van der Waals surface area (Å²) < 4.78 is 32.8. The highest BCUT2D eigenvalue weighted by Gasteiger charge is 2.26. The third-order valence-corrected chi connectivity index (χ3v) is 11.1. The van der Waals surface area contributed by atoms with E-state index in [1.165, 1.54) is 0 Å². The number of esters is 2. The van der Waals surface area contributed by atoms with E-state index >= 15 is 0 Å². The molecule has 0 bridgehead atoms. The quantitative estimate of drug-likeness (QED) is 0.0264. The van der Waals surface area contributed by atoms with Gasteiger partial charge in [-0.1, -0.05) is 197 Å². The molecule has 0 aromatic rings. The molecular weight excluding hydrogens is 906 g/mol. The molecule has 0 saturated carbocycles. The van der Waals surface area contributed by atoms with Crippen LogP contribution in [0.15, 0.2) is 170 Å². The second kappa shape index (κ2) is 54.7. The van der Waals surface area contributed by atoms with E-state index in [1.54, 1.807) is 0 Å². The van der Waals surface area contributed by atoms with Crippen molar-refractivity contribution in [3.05, 3.63) is 170 Å². The van der Waals surface area contributed by atoms with Crippen LogP contribution in [0.2, 0.25) is 0 Å². The van der Waals surface area contributed by atoms with Crippen LogP contribution in [0.5, 0.6) is 0 Å². The maximum atomic E-state index is 12.6. The van der Waals surface area contributed by atoms with Gasteiger partial charge in [-0.15, -0.1) is 0 Å². The number of ether oxygens (including phenoxy) is 2. The van der Waals surface area contributed by atoms with E-state index in [-0.39, 0.29) is 32.6 Å². The summed E-state index contributed by atoms with van der Waals surface area (Å²) in [6.45, 7) is 3.39. The number of carbonyl (C=O) groups is 2. The van der Waals surface area contributed by atoms with E-state index < -0.39 is 32.5 Å². The van der Waals surface area contributed by atoms with Gasteiger partial charge < -0.3 is 20.1 Å². The van der Waals surface area contributed by atoms with Gasteiger partial charge in [0.25, 0.3) is 0 Å². The summed E-state index contributed by atoms with van der Waals surface area (Å²) in [5.41, 5.74) is 5.36. The molecule has 0 aliphatic rings. The topological polar surface area (TPSA) is 134 Å². The van der Waals surface area contributed by atoms with Gasteiger partial charge in [0.15, 0.2) is 6.10 Å². The Bertz CT molecular complexity index is 1760. The van der Waals surface area contributed by atoms with E-state index in [9.17, 15) is 19.0 Å². The van der Waals surface area contributed by atoms with Crippen LogP contribution in [0.3, 0.4) is 0 Å². The summed E-state index contributed by atoms with van der Waals surface area (Å²) in [5.74, 6) is -0.920. The summed E-state index contributed by atoms with van der Waals surface area (Å²) >= 11 is 0. The Morgan fingerprint density at radius 1 is 0.423 bits per heavy atom. The summed E-state index contributed by atoms with van der Waals surface area (Å²) in [5, 5.41) is 0. The van der Waals surface area contributed by atoms with Gasteiger partial charge >= 0.3 is 19.8 Å². The van der Waals surface area contributed by atoms with E-state index in [1.807, 2.05) is 0 Å². The van der Waals surface area contributed by atoms with Crippen LogP contribution >= 0.6 is 7.82 Å². The van der Waals surface area contributed by atoms with Crippen LogP contribution in [0, 0.1) is 0 Å². The maximum Gasteiger partial charge on any atom is 0.472 e. The lowest BCUT2D eigenvalue weighted by Crippen LogP contribution is -2.29. The molecule has 71 heavy (non-hydrogen) atoms. The standard InChI is InChI=1S/C61H94NO8P/c1-3-5-7-9-11-13-15-17-18-19-20-21-22-23-24-25-26-27-28-29-30-31-32-33-34-35-36-37-38-39-40-42-44-46-48-50-52-54-61(64)70-59(58-69-71(65,66)68-56-55-62)57-67-60(63)53-51-49-47-45-43-41-16-14-12-10-8-6-4-2/h5-8,11-14,17-18,20-21,23-24,26-27,29-30,32-33,35-36,38-39,41-44,59H,3-4,9-10,15-16,19,22,25,28,31,34,37,40,45-58,62H2,1-2H3,(H,65,66)/b7-5-,8-6-,13-11-,14-12-,18-17-,21-20-,24-23-,27-26-,30-29-,33-32-,36-35-,39-38-,43-41-,44-42-. The number of hydrogen-bond donors (Lipinski definition) is 2. The number of rotatable bonds is 47. The zero-order valence-electron chi connectivity index (χ0n) is 43.9. The number of hydrogen-bond acceptors (Lipinski definition) is 8. The molecule has 396 valence electrons. The Balaban J connectivity index is 4.14. The molecule has 0 aliphatic heterocycles. The Labute approximate surface area is 431 Å². The van der Waals surface area contributed by atoms with Crippen LogP contribution in [0.4, 0.5) is 0 Å². The van der Waals surface area contributed by atoms with Gasteiger partial charge in [-0.25, -0.2) is 4.57 Å². The normalized spacial score (nSPS) is 14.5. The fourth-order valence-corrected chi connectivity index (χ4v) is 7.00. The Kier molecular flexibility index (Phi) is 51.1. The predicted molar refractivity (Wildman–Crippen MR) is 302 cm³/mol. The molecule has 0 rings (SSSR count). The molecule has 0 aliphatic carbocycles. The summed E-state index contributed by atoms with van der Waals surface area (Å²) in [7, 11) is -4.41. The predicted octanol–water partition coefficient (Wildman–Crippen LogP) is 16.7. The molecule has 0 fully saturated rings. The van der Waals surface area contributed by atoms with Crippen molar-refractivity contribution < 1.29 is 37.6 Å². The Morgan fingerprint density at radius 3 is 1.06 bits per heavy atom. The number of carbonyl (C=O) groups excluding carboxylic acids is 2. The van der Waals surface area contributed by atoms with Crippen molar-refractivity contribution in [3.63, 3.8) is 0 Å². The largest absolute Gasteiger partial charge is 0.472 e. The third kappa shape index (κ3) is 54.6. The molecule has 0 aromatic carbocycles. The van der Waals surface area contributed by atoms with Crippen LogP contribution in [0.1, 0.15) is 168 Å². The first-order chi connectivity index (χ1) is 34.8. The molecule has 10 heteroatoms. The van der Waals surface area contributed by atoms with Crippen LogP contribution in [-0.4, -0.2) is 49.3 Å². The van der Waals surface area contributed by atoms with Crippen molar-refractivity contribution in [2.24, 2.45) is 5.73 Å². The van der Waals surface area contributed by atoms with Crippen molar-refractivity contribution in [1.82, 2.24) is 0 Å². The van der Waals surface area contributed by atoms with Crippen LogP contribution < -0.4 is 5.73 Å². The van der Waals surface area contributed by atoms with Crippen molar-refractivity contribution in [2.75, 3.05) is 26.4 Å². The molecule has 0 aromatic heterocycles. The molecular formula is C61H94NO8P. The number of allylic oxidation sites excluding steroid dienone is 28. The van der Waals surface area contributed by atoms with E-state index in [0.29, 0.717) is 12.8 Å². The average molecular weight is 1000 g/mol. The van der Waals surface area contributed by atoms with Crippen molar-refractivity contribution >= 4 is 19.8 Å². The minimum atomic E-state index is -4.41. The first kappa shape index (κ1) is 66.4. The molecule has 0 radical (unpaired) electrons. The van der Waals surface area contributed by atoms with Gasteiger partial charge in [0, 0.05) is 19.4 Å². The lowest BCUT2D eigenvalue weighted by atomic mass is 10.1. The lowest BCUT2D eigenvalue weighted by molar-refractivity contribution is -0.161. The fourth-order valence-electron chi connectivity index (χ4n) is 6.24. The van der Waals surface area contributed by atoms with Gasteiger partial charge in [0.05, 0.1) is 13.2 Å². The summed E-state index contributed by atoms with van der Waals surface area (Å²) in [6.07, 6.45) is 81.3. The maximum absolute atomic E-state index is 12.6. The number of phosphoric acid groups is 1.